The maximum atomic E-state index is 6.23. The van der Waals surface area contributed by atoms with E-state index in [0.29, 0.717) is 6.61 Å². The summed E-state index contributed by atoms with van der Waals surface area (Å²) >= 11 is 6.23. The van der Waals surface area contributed by atoms with Crippen molar-refractivity contribution in [2.24, 2.45) is 0 Å². The molecule has 1 saturated heterocycles. The summed E-state index contributed by atoms with van der Waals surface area (Å²) in [4.78, 5) is 4.95. The predicted molar refractivity (Wildman–Crippen MR) is 109 cm³/mol. The molecule has 1 fully saturated rings. The number of likely N-dealkylation sites (N-methyl/N-ethyl adjacent to an activating group) is 1. The van der Waals surface area contributed by atoms with E-state index in [9.17, 15) is 0 Å². The second kappa shape index (κ2) is 9.40. The van der Waals surface area contributed by atoms with Gasteiger partial charge in [-0.05, 0) is 68.2 Å². The highest BCUT2D eigenvalue weighted by molar-refractivity contribution is 6.30. The largest absolute Gasteiger partial charge is 0.489 e. The lowest BCUT2D eigenvalue weighted by Gasteiger charge is -2.32. The third-order valence-electron chi connectivity index (χ3n) is 5.18. The van der Waals surface area contributed by atoms with Crippen molar-refractivity contribution in [1.29, 1.82) is 0 Å². The van der Waals surface area contributed by atoms with Gasteiger partial charge in [0.1, 0.15) is 12.4 Å². The molecule has 140 valence electrons. The second-order valence-electron chi connectivity index (χ2n) is 7.22. The Labute approximate surface area is 162 Å². The molecule has 2 aromatic carbocycles. The van der Waals surface area contributed by atoms with Crippen LogP contribution in [0.15, 0.2) is 42.5 Å². The highest BCUT2D eigenvalue weighted by Gasteiger charge is 2.13. The number of rotatable bonds is 7. The van der Waals surface area contributed by atoms with Crippen LogP contribution in [0.3, 0.4) is 0 Å². The lowest BCUT2D eigenvalue weighted by molar-refractivity contribution is 0.153. The van der Waals surface area contributed by atoms with Crippen molar-refractivity contribution in [2.75, 3.05) is 39.8 Å². The SMILES string of the molecule is Cc1ccccc1COc1ccc(Cl)cc1CCCN1CCN(C)CC1. The Balaban J connectivity index is 1.56. The molecular formula is C22H29ClN2O. The summed E-state index contributed by atoms with van der Waals surface area (Å²) in [7, 11) is 2.20. The minimum atomic E-state index is 0.597. The zero-order chi connectivity index (χ0) is 18.4. The summed E-state index contributed by atoms with van der Waals surface area (Å²) in [5.41, 5.74) is 3.70. The predicted octanol–water partition coefficient (Wildman–Crippen LogP) is 4.41. The molecule has 0 unspecified atom stereocenters. The van der Waals surface area contributed by atoms with E-state index in [4.69, 9.17) is 16.3 Å². The maximum Gasteiger partial charge on any atom is 0.123 e. The lowest BCUT2D eigenvalue weighted by Crippen LogP contribution is -2.44. The van der Waals surface area contributed by atoms with Crippen LogP contribution in [0.4, 0.5) is 0 Å². The van der Waals surface area contributed by atoms with Crippen LogP contribution < -0.4 is 4.74 Å². The average molecular weight is 373 g/mol. The van der Waals surface area contributed by atoms with Gasteiger partial charge in [-0.3, -0.25) is 0 Å². The Morgan fingerprint density at radius 3 is 2.54 bits per heavy atom. The van der Waals surface area contributed by atoms with Crippen LogP contribution in [-0.2, 0) is 13.0 Å². The van der Waals surface area contributed by atoms with Crippen LogP contribution in [0.1, 0.15) is 23.1 Å². The van der Waals surface area contributed by atoms with Crippen LogP contribution in [0.5, 0.6) is 5.75 Å². The Kier molecular flexibility index (Phi) is 6.95. The van der Waals surface area contributed by atoms with Gasteiger partial charge in [-0.1, -0.05) is 35.9 Å². The minimum Gasteiger partial charge on any atom is -0.489 e. The molecule has 0 spiro atoms. The first-order chi connectivity index (χ1) is 12.6. The zero-order valence-corrected chi connectivity index (χ0v) is 16.6. The second-order valence-corrected chi connectivity index (χ2v) is 7.65. The van der Waals surface area contributed by atoms with Gasteiger partial charge in [-0.2, -0.15) is 0 Å². The topological polar surface area (TPSA) is 15.7 Å². The molecule has 0 radical (unpaired) electrons. The molecule has 0 bridgehead atoms. The normalized spacial score (nSPS) is 16.0. The van der Waals surface area contributed by atoms with Gasteiger partial charge in [0, 0.05) is 31.2 Å². The molecular weight excluding hydrogens is 344 g/mol. The van der Waals surface area contributed by atoms with Crippen molar-refractivity contribution in [3.8, 4) is 5.75 Å². The van der Waals surface area contributed by atoms with E-state index >= 15 is 0 Å². The molecule has 0 saturated carbocycles. The lowest BCUT2D eigenvalue weighted by atomic mass is 10.1. The molecule has 0 amide bonds. The van der Waals surface area contributed by atoms with E-state index in [0.717, 1.165) is 30.2 Å². The monoisotopic (exact) mass is 372 g/mol. The summed E-state index contributed by atoms with van der Waals surface area (Å²) in [6.45, 7) is 8.53. The first kappa shape index (κ1) is 19.2. The van der Waals surface area contributed by atoms with Crippen LogP contribution in [-0.4, -0.2) is 49.6 Å². The molecule has 0 aromatic heterocycles. The fraction of sp³-hybridized carbons (Fsp3) is 0.455. The molecule has 3 nitrogen and oxygen atoms in total. The summed E-state index contributed by atoms with van der Waals surface area (Å²) in [5, 5.41) is 0.780. The van der Waals surface area contributed by atoms with Gasteiger partial charge < -0.3 is 14.5 Å². The van der Waals surface area contributed by atoms with E-state index in [-0.39, 0.29) is 0 Å². The number of benzene rings is 2. The summed E-state index contributed by atoms with van der Waals surface area (Å²) < 4.78 is 6.14. The quantitative estimate of drug-likeness (QED) is 0.716. The number of halogens is 1. The van der Waals surface area contributed by atoms with E-state index in [1.165, 1.54) is 42.9 Å². The van der Waals surface area contributed by atoms with E-state index in [2.05, 4.69) is 54.1 Å². The summed E-state index contributed by atoms with van der Waals surface area (Å²) in [6.07, 6.45) is 2.13. The Morgan fingerprint density at radius 1 is 1.00 bits per heavy atom. The number of hydrogen-bond acceptors (Lipinski definition) is 3. The van der Waals surface area contributed by atoms with E-state index in [1.807, 2.05) is 12.1 Å². The van der Waals surface area contributed by atoms with Crippen molar-refractivity contribution in [3.05, 3.63) is 64.2 Å². The van der Waals surface area contributed by atoms with E-state index in [1.54, 1.807) is 0 Å². The van der Waals surface area contributed by atoms with Gasteiger partial charge in [0.2, 0.25) is 0 Å². The van der Waals surface area contributed by atoms with Gasteiger partial charge in [-0.25, -0.2) is 0 Å². The molecule has 4 heteroatoms. The first-order valence-corrected chi connectivity index (χ1v) is 9.86. The first-order valence-electron chi connectivity index (χ1n) is 9.48. The van der Waals surface area contributed by atoms with Gasteiger partial charge in [-0.15, -0.1) is 0 Å². The molecule has 2 aromatic rings. The molecule has 0 N–H and O–H groups in total. The Hall–Kier alpha value is -1.55. The molecule has 0 atom stereocenters. The number of ether oxygens (including phenoxy) is 1. The number of aryl methyl sites for hydroxylation is 2. The number of piperazine rings is 1. The van der Waals surface area contributed by atoms with Crippen molar-refractivity contribution in [3.63, 3.8) is 0 Å². The standard InChI is InChI=1S/C22H29ClN2O/c1-18-6-3-4-7-20(18)17-26-22-10-9-21(23)16-19(22)8-5-11-25-14-12-24(2)13-15-25/h3-4,6-7,9-10,16H,5,8,11-15,17H2,1-2H3. The molecule has 3 rings (SSSR count). The Morgan fingerprint density at radius 2 is 1.77 bits per heavy atom. The molecule has 1 aliphatic heterocycles. The van der Waals surface area contributed by atoms with Gasteiger partial charge >= 0.3 is 0 Å². The summed E-state index contributed by atoms with van der Waals surface area (Å²) in [5.74, 6) is 0.955. The van der Waals surface area contributed by atoms with E-state index < -0.39 is 0 Å². The third kappa shape index (κ3) is 5.47. The maximum absolute atomic E-state index is 6.23. The zero-order valence-electron chi connectivity index (χ0n) is 15.9. The Bertz CT molecular complexity index is 711. The van der Waals surface area contributed by atoms with Crippen LogP contribution in [0, 0.1) is 6.92 Å². The highest BCUT2D eigenvalue weighted by atomic mass is 35.5. The fourth-order valence-electron chi connectivity index (χ4n) is 3.38. The van der Waals surface area contributed by atoms with Crippen molar-refractivity contribution < 1.29 is 4.74 Å². The molecule has 0 aliphatic carbocycles. The van der Waals surface area contributed by atoms with Crippen LogP contribution in [0.25, 0.3) is 0 Å². The molecule has 1 aliphatic rings. The third-order valence-corrected chi connectivity index (χ3v) is 5.42. The van der Waals surface area contributed by atoms with Gasteiger partial charge in [0.15, 0.2) is 0 Å². The number of nitrogens with zero attached hydrogens (tertiary/aromatic N) is 2. The van der Waals surface area contributed by atoms with Crippen LogP contribution in [0.2, 0.25) is 5.02 Å². The van der Waals surface area contributed by atoms with Crippen molar-refractivity contribution >= 4 is 11.6 Å². The smallest absolute Gasteiger partial charge is 0.123 e. The minimum absolute atomic E-state index is 0.597. The van der Waals surface area contributed by atoms with Gasteiger partial charge in [0.25, 0.3) is 0 Å². The van der Waals surface area contributed by atoms with Gasteiger partial charge in [0.05, 0.1) is 0 Å². The molecule has 26 heavy (non-hydrogen) atoms. The molecule has 1 heterocycles. The number of hydrogen-bond donors (Lipinski definition) is 0. The summed E-state index contributed by atoms with van der Waals surface area (Å²) in [6, 6.07) is 14.3. The van der Waals surface area contributed by atoms with Crippen molar-refractivity contribution in [2.45, 2.75) is 26.4 Å². The van der Waals surface area contributed by atoms with Crippen molar-refractivity contribution in [1.82, 2.24) is 9.80 Å². The average Bonchev–Trinajstić information content (AvgIpc) is 2.64. The fourth-order valence-corrected chi connectivity index (χ4v) is 3.57. The van der Waals surface area contributed by atoms with Crippen LogP contribution >= 0.6 is 11.6 Å². The highest BCUT2D eigenvalue weighted by Crippen LogP contribution is 2.25.